The van der Waals surface area contributed by atoms with Crippen LogP contribution in [0, 0.1) is 19.8 Å². The van der Waals surface area contributed by atoms with Crippen molar-refractivity contribution < 1.29 is 10.2 Å². The molecule has 0 radical (unpaired) electrons. The first-order chi connectivity index (χ1) is 19.7. The first-order valence-corrected chi connectivity index (χ1v) is 14.3. The van der Waals surface area contributed by atoms with Crippen LogP contribution in [0.4, 0.5) is 17.1 Å². The number of phenolic OH excluding ortho intramolecular Hbond substituents is 2. The van der Waals surface area contributed by atoms with Crippen LogP contribution in [0.3, 0.4) is 0 Å². The van der Waals surface area contributed by atoms with Crippen LogP contribution in [0.5, 0.6) is 11.5 Å². The number of nitrogens with zero attached hydrogens (tertiary/aromatic N) is 1. The van der Waals surface area contributed by atoms with Gasteiger partial charge in [-0.1, -0.05) is 74.5 Å². The predicted octanol–water partition coefficient (Wildman–Crippen LogP) is 9.76. The van der Waals surface area contributed by atoms with E-state index in [1.54, 1.807) is 24.3 Å². The summed E-state index contributed by atoms with van der Waals surface area (Å²) in [4.78, 5) is 2.32. The van der Waals surface area contributed by atoms with Crippen molar-refractivity contribution in [3.63, 3.8) is 0 Å². The van der Waals surface area contributed by atoms with Gasteiger partial charge in [0.25, 0.3) is 0 Å². The lowest BCUT2D eigenvalue weighted by Gasteiger charge is -2.34. The van der Waals surface area contributed by atoms with E-state index >= 15 is 0 Å². The fourth-order valence-corrected chi connectivity index (χ4v) is 5.99. The Balaban J connectivity index is 1.40. The number of hydrogen-bond acceptors (Lipinski definition) is 3. The van der Waals surface area contributed by atoms with Gasteiger partial charge in [-0.3, -0.25) is 0 Å². The largest absolute Gasteiger partial charge is 0.508 e. The van der Waals surface area contributed by atoms with Crippen molar-refractivity contribution in [1.29, 1.82) is 0 Å². The molecule has 0 aliphatic carbocycles. The third kappa shape index (κ3) is 6.47. The molecule has 3 heteroatoms. The van der Waals surface area contributed by atoms with Crippen LogP contribution in [-0.4, -0.2) is 10.2 Å². The van der Waals surface area contributed by atoms with Gasteiger partial charge in [0.2, 0.25) is 0 Å². The maximum Gasteiger partial charge on any atom is 0.115 e. The molecule has 0 bridgehead atoms. The Kier molecular flexibility index (Phi) is 8.16. The lowest BCUT2D eigenvalue weighted by atomic mass is 9.70. The topological polar surface area (TPSA) is 43.7 Å². The molecule has 0 saturated heterocycles. The van der Waals surface area contributed by atoms with Gasteiger partial charge in [-0.2, -0.15) is 0 Å². The van der Waals surface area contributed by atoms with Crippen LogP contribution >= 0.6 is 0 Å². The van der Waals surface area contributed by atoms with E-state index in [0.717, 1.165) is 41.0 Å². The molecule has 41 heavy (non-hydrogen) atoms. The lowest BCUT2D eigenvalue weighted by Crippen LogP contribution is -2.27. The third-order valence-corrected chi connectivity index (χ3v) is 8.06. The molecule has 5 rings (SSSR count). The monoisotopic (exact) mass is 541 g/mol. The fraction of sp³-hybridized carbons (Fsp3) is 0.211. The van der Waals surface area contributed by atoms with Gasteiger partial charge in [-0.25, -0.2) is 0 Å². The minimum absolute atomic E-state index is 0.264. The van der Waals surface area contributed by atoms with Crippen molar-refractivity contribution >= 4 is 17.1 Å². The van der Waals surface area contributed by atoms with E-state index in [1.807, 2.05) is 24.3 Å². The smallest absolute Gasteiger partial charge is 0.115 e. The molecule has 1 unspecified atom stereocenters. The molecule has 2 N–H and O–H groups in total. The number of phenols is 2. The molecule has 0 aliphatic rings. The summed E-state index contributed by atoms with van der Waals surface area (Å²) in [7, 11) is 0. The van der Waals surface area contributed by atoms with E-state index < -0.39 is 0 Å². The number of aryl methyl sites for hydroxylation is 2. The van der Waals surface area contributed by atoms with Gasteiger partial charge in [0.15, 0.2) is 0 Å². The Hall–Kier alpha value is -4.50. The van der Waals surface area contributed by atoms with Gasteiger partial charge in [-0.05, 0) is 121 Å². The van der Waals surface area contributed by atoms with Crippen molar-refractivity contribution in [2.45, 2.75) is 46.0 Å². The van der Waals surface area contributed by atoms with Gasteiger partial charge in [0.1, 0.15) is 11.5 Å². The molecule has 5 aromatic rings. The minimum Gasteiger partial charge on any atom is -0.508 e. The molecular weight excluding hydrogens is 502 g/mol. The molecule has 0 aliphatic heterocycles. The van der Waals surface area contributed by atoms with Crippen molar-refractivity contribution in [3.8, 4) is 11.5 Å². The summed E-state index contributed by atoms with van der Waals surface area (Å²) in [6.45, 7) is 8.82. The van der Waals surface area contributed by atoms with Gasteiger partial charge < -0.3 is 15.1 Å². The normalized spacial score (nSPS) is 12.2. The Morgan fingerprint density at radius 1 is 0.610 bits per heavy atom. The van der Waals surface area contributed by atoms with Crippen LogP contribution < -0.4 is 4.90 Å². The first-order valence-electron chi connectivity index (χ1n) is 14.3. The summed E-state index contributed by atoms with van der Waals surface area (Å²) in [5.74, 6) is 0.915. The van der Waals surface area contributed by atoms with E-state index in [0.29, 0.717) is 5.92 Å². The molecular formula is C38H39NO2. The molecule has 0 saturated carbocycles. The van der Waals surface area contributed by atoms with Crippen molar-refractivity contribution in [3.05, 3.63) is 149 Å². The van der Waals surface area contributed by atoms with E-state index in [4.69, 9.17) is 0 Å². The molecule has 208 valence electrons. The number of benzene rings is 5. The van der Waals surface area contributed by atoms with E-state index in [2.05, 4.69) is 105 Å². The first kappa shape index (κ1) is 28.0. The highest BCUT2D eigenvalue weighted by molar-refractivity contribution is 5.77. The Morgan fingerprint density at radius 2 is 1.07 bits per heavy atom. The standard InChI is InChI=1S/C38H39NO2/c1-27-7-5-9-34(24-27)39(35-10-6-8-28(2)25-35)33-17-11-30(12-18-33)23-29(3)26-38(4,31-13-19-36(40)20-14-31)32-15-21-37(41)22-16-32/h5-22,24-25,29,40-41H,23,26H2,1-4H3. The van der Waals surface area contributed by atoms with Crippen molar-refractivity contribution in [2.24, 2.45) is 5.92 Å². The Bertz CT molecular complexity index is 1500. The van der Waals surface area contributed by atoms with Gasteiger partial charge in [0, 0.05) is 22.5 Å². The average Bonchev–Trinajstić information content (AvgIpc) is 2.95. The summed E-state index contributed by atoms with van der Waals surface area (Å²) in [6.07, 6.45) is 1.87. The van der Waals surface area contributed by atoms with E-state index in [9.17, 15) is 10.2 Å². The van der Waals surface area contributed by atoms with Gasteiger partial charge in [-0.15, -0.1) is 0 Å². The van der Waals surface area contributed by atoms with Crippen molar-refractivity contribution in [2.75, 3.05) is 4.90 Å². The van der Waals surface area contributed by atoms with Crippen LogP contribution in [-0.2, 0) is 11.8 Å². The zero-order valence-electron chi connectivity index (χ0n) is 24.4. The van der Waals surface area contributed by atoms with Crippen molar-refractivity contribution in [1.82, 2.24) is 0 Å². The number of hydrogen-bond donors (Lipinski definition) is 2. The number of aromatic hydroxyl groups is 2. The maximum atomic E-state index is 9.90. The zero-order chi connectivity index (χ0) is 29.0. The molecule has 5 aromatic carbocycles. The minimum atomic E-state index is -0.270. The number of anilines is 3. The molecule has 3 nitrogen and oxygen atoms in total. The van der Waals surface area contributed by atoms with E-state index in [1.165, 1.54) is 16.7 Å². The Morgan fingerprint density at radius 3 is 1.51 bits per heavy atom. The SMILES string of the molecule is Cc1cccc(N(c2ccc(CC(C)CC(C)(c3ccc(O)cc3)c3ccc(O)cc3)cc2)c2cccc(C)c2)c1. The molecule has 0 amide bonds. The molecule has 0 spiro atoms. The molecule has 0 fully saturated rings. The van der Waals surface area contributed by atoms with E-state index in [-0.39, 0.29) is 16.9 Å². The highest BCUT2D eigenvalue weighted by Gasteiger charge is 2.31. The second-order valence-corrected chi connectivity index (χ2v) is 11.6. The summed E-state index contributed by atoms with van der Waals surface area (Å²) < 4.78 is 0. The second kappa shape index (κ2) is 11.9. The van der Waals surface area contributed by atoms with Crippen LogP contribution in [0.15, 0.2) is 121 Å². The van der Waals surface area contributed by atoms with Gasteiger partial charge in [0.05, 0.1) is 0 Å². The maximum absolute atomic E-state index is 9.90. The zero-order valence-corrected chi connectivity index (χ0v) is 24.4. The highest BCUT2D eigenvalue weighted by atomic mass is 16.3. The summed E-state index contributed by atoms with van der Waals surface area (Å²) in [5.41, 5.74) is 9.22. The Labute approximate surface area is 244 Å². The van der Waals surface area contributed by atoms with Crippen LogP contribution in [0.25, 0.3) is 0 Å². The summed E-state index contributed by atoms with van der Waals surface area (Å²) >= 11 is 0. The van der Waals surface area contributed by atoms with Crippen LogP contribution in [0.2, 0.25) is 0 Å². The molecule has 1 atom stereocenters. The second-order valence-electron chi connectivity index (χ2n) is 11.6. The molecule has 0 heterocycles. The average molecular weight is 542 g/mol. The van der Waals surface area contributed by atoms with Gasteiger partial charge >= 0.3 is 0 Å². The van der Waals surface area contributed by atoms with Crippen LogP contribution in [0.1, 0.15) is 48.1 Å². The summed E-state index contributed by atoms with van der Waals surface area (Å²) in [5, 5.41) is 19.8. The predicted molar refractivity (Wildman–Crippen MR) is 171 cm³/mol. The quantitative estimate of drug-likeness (QED) is 0.195. The number of rotatable bonds is 9. The highest BCUT2D eigenvalue weighted by Crippen LogP contribution is 2.40. The third-order valence-electron chi connectivity index (χ3n) is 8.06. The molecule has 0 aromatic heterocycles. The fourth-order valence-electron chi connectivity index (χ4n) is 5.99. The lowest BCUT2D eigenvalue weighted by molar-refractivity contribution is 0.401. The summed E-state index contributed by atoms with van der Waals surface area (Å²) in [6, 6.07) is 41.3.